The second kappa shape index (κ2) is 7.81. The molecule has 0 aliphatic heterocycles. The molecule has 0 atom stereocenters. The molecule has 6 heteroatoms. The van der Waals surface area contributed by atoms with Crippen LogP contribution in [-0.2, 0) is 16.2 Å². The Hall–Kier alpha value is -2.86. The molecular formula is C19H20N2O4. The zero-order valence-corrected chi connectivity index (χ0v) is 14.2. The van der Waals surface area contributed by atoms with Gasteiger partial charge in [-0.3, -0.25) is 9.63 Å². The van der Waals surface area contributed by atoms with Crippen molar-refractivity contribution in [2.24, 2.45) is 0 Å². The molecule has 0 aliphatic carbocycles. The number of nitrogens with zero attached hydrogens (tertiary/aromatic N) is 2. The van der Waals surface area contributed by atoms with Crippen molar-refractivity contribution in [3.05, 3.63) is 60.2 Å². The summed E-state index contributed by atoms with van der Waals surface area (Å²) in [4.78, 5) is 22.2. The minimum atomic E-state index is -0.298. The van der Waals surface area contributed by atoms with Gasteiger partial charge in [-0.2, -0.15) is 4.98 Å². The van der Waals surface area contributed by atoms with Crippen LogP contribution in [0.2, 0.25) is 0 Å². The maximum Gasteiger partial charge on any atom is 0.395 e. The van der Waals surface area contributed by atoms with Gasteiger partial charge in [-0.25, -0.2) is 5.06 Å². The summed E-state index contributed by atoms with van der Waals surface area (Å²) >= 11 is 0. The summed E-state index contributed by atoms with van der Waals surface area (Å²) in [6.07, 6.45) is 0.0707. The number of rotatable bonds is 7. The molecule has 25 heavy (non-hydrogen) atoms. The first-order valence-electron chi connectivity index (χ1n) is 8.11. The molecule has 0 bridgehead atoms. The zero-order valence-electron chi connectivity index (χ0n) is 14.2. The third-order valence-electron chi connectivity index (χ3n) is 3.52. The molecule has 0 fully saturated rings. The first kappa shape index (κ1) is 17.0. The van der Waals surface area contributed by atoms with E-state index in [1.54, 1.807) is 6.07 Å². The Morgan fingerprint density at radius 3 is 2.56 bits per heavy atom. The number of para-hydroxylation sites is 2. The van der Waals surface area contributed by atoms with Crippen LogP contribution in [0, 0.1) is 0 Å². The van der Waals surface area contributed by atoms with E-state index in [1.165, 1.54) is 5.06 Å². The van der Waals surface area contributed by atoms with E-state index in [0.717, 1.165) is 5.56 Å². The van der Waals surface area contributed by atoms with Crippen molar-refractivity contribution >= 4 is 17.0 Å². The average molecular weight is 340 g/mol. The highest BCUT2D eigenvalue weighted by atomic mass is 16.7. The topological polar surface area (TPSA) is 64.8 Å². The number of hydrogen-bond acceptors (Lipinski definition) is 5. The lowest BCUT2D eigenvalue weighted by atomic mass is 10.2. The molecule has 0 spiro atoms. The highest BCUT2D eigenvalue weighted by Crippen LogP contribution is 2.20. The van der Waals surface area contributed by atoms with Crippen molar-refractivity contribution in [3.63, 3.8) is 0 Å². The average Bonchev–Trinajstić information content (AvgIpc) is 3.03. The number of fused-ring (bicyclic) bond motifs is 1. The van der Waals surface area contributed by atoms with E-state index in [9.17, 15) is 4.79 Å². The van der Waals surface area contributed by atoms with Gasteiger partial charge in [0.2, 0.25) is 0 Å². The van der Waals surface area contributed by atoms with Crippen LogP contribution in [0.3, 0.4) is 0 Å². The molecule has 130 valence electrons. The third kappa shape index (κ3) is 4.36. The highest BCUT2D eigenvalue weighted by molar-refractivity contribution is 5.77. The molecule has 0 saturated heterocycles. The van der Waals surface area contributed by atoms with Gasteiger partial charge in [-0.05, 0) is 31.5 Å². The largest absolute Gasteiger partial charge is 0.440 e. The number of carbonyl (C=O) groups is 1. The van der Waals surface area contributed by atoms with Gasteiger partial charge in [0, 0.05) is 0 Å². The fourth-order valence-electron chi connectivity index (χ4n) is 2.33. The number of aromatic nitrogens is 1. The van der Waals surface area contributed by atoms with E-state index in [0.29, 0.717) is 17.7 Å². The summed E-state index contributed by atoms with van der Waals surface area (Å²) < 4.78 is 10.8. The molecule has 0 unspecified atom stereocenters. The van der Waals surface area contributed by atoms with Crippen LogP contribution < -0.4 is 4.74 Å². The van der Waals surface area contributed by atoms with Crippen molar-refractivity contribution in [3.8, 4) is 6.08 Å². The van der Waals surface area contributed by atoms with Crippen LogP contribution in [0.4, 0.5) is 0 Å². The molecule has 3 rings (SSSR count). The quantitative estimate of drug-likeness (QED) is 0.615. The normalized spacial score (nSPS) is 11.0. The lowest BCUT2D eigenvalue weighted by Crippen LogP contribution is -2.39. The van der Waals surface area contributed by atoms with Gasteiger partial charge in [0.1, 0.15) is 12.1 Å². The van der Waals surface area contributed by atoms with Gasteiger partial charge in [0.15, 0.2) is 12.2 Å². The number of ether oxygens (including phenoxy) is 1. The van der Waals surface area contributed by atoms with Crippen LogP contribution in [0.25, 0.3) is 11.1 Å². The second-order valence-electron chi connectivity index (χ2n) is 5.81. The maximum absolute atomic E-state index is 12.4. The van der Waals surface area contributed by atoms with E-state index in [4.69, 9.17) is 14.0 Å². The van der Waals surface area contributed by atoms with Crippen molar-refractivity contribution in [2.45, 2.75) is 26.5 Å². The summed E-state index contributed by atoms with van der Waals surface area (Å²) in [7, 11) is 0. The second-order valence-corrected chi connectivity index (χ2v) is 5.81. The monoisotopic (exact) mass is 340 g/mol. The first-order valence-corrected chi connectivity index (χ1v) is 8.11. The van der Waals surface area contributed by atoms with Gasteiger partial charge in [0.25, 0.3) is 5.91 Å². The predicted octanol–water partition coefficient (Wildman–Crippen LogP) is 3.58. The Bertz CT molecular complexity index is 797. The molecule has 0 aliphatic rings. The SMILES string of the molecule is CC(C)N(OCc1ccccc1)C(=O)COc1nc2ccccc2o1. The van der Waals surface area contributed by atoms with Crippen molar-refractivity contribution < 1.29 is 18.8 Å². The van der Waals surface area contributed by atoms with Crippen LogP contribution in [0.1, 0.15) is 19.4 Å². The number of oxazole rings is 1. The smallest absolute Gasteiger partial charge is 0.395 e. The Labute approximate surface area is 145 Å². The molecule has 0 radical (unpaired) electrons. The fourth-order valence-corrected chi connectivity index (χ4v) is 2.33. The zero-order chi connectivity index (χ0) is 17.6. The van der Waals surface area contributed by atoms with Crippen LogP contribution in [0.15, 0.2) is 59.0 Å². The lowest BCUT2D eigenvalue weighted by molar-refractivity contribution is -0.204. The van der Waals surface area contributed by atoms with Crippen LogP contribution in [-0.4, -0.2) is 28.6 Å². The van der Waals surface area contributed by atoms with Gasteiger partial charge >= 0.3 is 6.08 Å². The number of benzene rings is 2. The molecule has 1 aromatic heterocycles. The number of hydrogen-bond donors (Lipinski definition) is 0. The van der Waals surface area contributed by atoms with Gasteiger partial charge in [-0.15, -0.1) is 0 Å². The fraction of sp³-hybridized carbons (Fsp3) is 0.263. The van der Waals surface area contributed by atoms with E-state index in [2.05, 4.69) is 4.98 Å². The molecular weight excluding hydrogens is 320 g/mol. The molecule has 0 N–H and O–H groups in total. The molecule has 0 saturated carbocycles. The van der Waals surface area contributed by atoms with Gasteiger partial charge in [0.05, 0.1) is 6.04 Å². The highest BCUT2D eigenvalue weighted by Gasteiger charge is 2.20. The Kier molecular flexibility index (Phi) is 5.30. The number of carbonyl (C=O) groups excluding carboxylic acids is 1. The first-order chi connectivity index (χ1) is 12.1. The predicted molar refractivity (Wildman–Crippen MR) is 92.7 cm³/mol. The molecule has 2 aromatic carbocycles. The van der Waals surface area contributed by atoms with Crippen LogP contribution in [0.5, 0.6) is 6.08 Å². The summed E-state index contributed by atoms with van der Waals surface area (Å²) in [6.45, 7) is 3.86. The van der Waals surface area contributed by atoms with E-state index in [-0.39, 0.29) is 24.6 Å². The van der Waals surface area contributed by atoms with E-state index in [1.807, 2.05) is 62.4 Å². The molecule has 6 nitrogen and oxygen atoms in total. The van der Waals surface area contributed by atoms with E-state index < -0.39 is 0 Å². The molecule has 1 amide bonds. The lowest BCUT2D eigenvalue weighted by Gasteiger charge is -2.25. The summed E-state index contributed by atoms with van der Waals surface area (Å²) in [5, 5.41) is 1.32. The maximum atomic E-state index is 12.4. The minimum absolute atomic E-state index is 0.0707. The van der Waals surface area contributed by atoms with E-state index >= 15 is 0 Å². The van der Waals surface area contributed by atoms with Gasteiger partial charge < -0.3 is 9.15 Å². The minimum Gasteiger partial charge on any atom is -0.440 e. The molecule has 1 heterocycles. The summed E-state index contributed by atoms with van der Waals surface area (Å²) in [5.74, 6) is -0.298. The Morgan fingerprint density at radius 1 is 1.12 bits per heavy atom. The third-order valence-corrected chi connectivity index (χ3v) is 3.52. The summed E-state index contributed by atoms with van der Waals surface area (Å²) in [6, 6.07) is 16.9. The van der Waals surface area contributed by atoms with Crippen molar-refractivity contribution in [1.29, 1.82) is 0 Å². The Balaban J connectivity index is 1.58. The Morgan fingerprint density at radius 2 is 1.84 bits per heavy atom. The van der Waals surface area contributed by atoms with Crippen LogP contribution >= 0.6 is 0 Å². The van der Waals surface area contributed by atoms with Crippen molar-refractivity contribution in [2.75, 3.05) is 6.61 Å². The standard InChI is InChI=1S/C19H20N2O4/c1-14(2)21(24-12-15-8-4-3-5-9-15)18(22)13-23-19-20-16-10-6-7-11-17(16)25-19/h3-11,14H,12-13H2,1-2H3. The summed E-state index contributed by atoms with van der Waals surface area (Å²) in [5.41, 5.74) is 2.29. The molecule has 3 aromatic rings. The number of amides is 1. The van der Waals surface area contributed by atoms with Gasteiger partial charge in [-0.1, -0.05) is 42.5 Å². The number of hydroxylamine groups is 2. The van der Waals surface area contributed by atoms with Crippen molar-refractivity contribution in [1.82, 2.24) is 10.0 Å².